The monoisotopic (exact) mass is 494 g/mol. The highest BCUT2D eigenvalue weighted by atomic mass is 35.5. The standard InChI is InChI=1S/C26H27ClN4O4/c1-4-35-25(32)20-16(2)28-24-22(21(20)17-8-6-5-7-9-17)23(29-19-12-10-18(27)11-13-19)30-26(33)31(24)14-15-34-3/h5-13,21,28H,4,14-15H2,1-3H3,(H,29,30,33). The molecule has 0 radical (unpaired) electrons. The van der Waals surface area contributed by atoms with Crippen LogP contribution in [0.2, 0.25) is 5.02 Å². The summed E-state index contributed by atoms with van der Waals surface area (Å²) in [6.45, 7) is 4.44. The van der Waals surface area contributed by atoms with Crippen LogP contribution in [0.1, 0.15) is 30.9 Å². The van der Waals surface area contributed by atoms with Crippen LogP contribution in [-0.4, -0.2) is 35.8 Å². The fourth-order valence-electron chi connectivity index (χ4n) is 4.20. The first-order chi connectivity index (χ1) is 16.9. The number of nitrogens with zero attached hydrogens (tertiary/aromatic N) is 2. The number of benzene rings is 2. The summed E-state index contributed by atoms with van der Waals surface area (Å²) in [7, 11) is 1.57. The van der Waals surface area contributed by atoms with Crippen LogP contribution >= 0.6 is 11.6 Å². The number of anilines is 3. The second-order valence-corrected chi connectivity index (χ2v) is 8.45. The zero-order valence-electron chi connectivity index (χ0n) is 19.8. The number of halogens is 1. The molecule has 0 spiro atoms. The zero-order chi connectivity index (χ0) is 24.9. The molecule has 1 aliphatic heterocycles. The lowest BCUT2D eigenvalue weighted by Gasteiger charge is -2.33. The molecule has 0 saturated carbocycles. The van der Waals surface area contributed by atoms with Crippen molar-refractivity contribution in [3.05, 3.63) is 92.5 Å². The van der Waals surface area contributed by atoms with E-state index < -0.39 is 17.6 Å². The lowest BCUT2D eigenvalue weighted by atomic mass is 9.81. The van der Waals surface area contributed by atoms with Crippen molar-refractivity contribution < 1.29 is 14.3 Å². The second kappa shape index (κ2) is 10.8. The Morgan fingerprint density at radius 3 is 2.54 bits per heavy atom. The maximum absolute atomic E-state index is 13.2. The number of carbonyl (C=O) groups is 1. The van der Waals surface area contributed by atoms with E-state index in [1.54, 1.807) is 38.3 Å². The van der Waals surface area contributed by atoms with Crippen LogP contribution < -0.4 is 16.3 Å². The Morgan fingerprint density at radius 2 is 1.89 bits per heavy atom. The van der Waals surface area contributed by atoms with Gasteiger partial charge in [0.25, 0.3) is 0 Å². The van der Waals surface area contributed by atoms with E-state index in [0.717, 1.165) is 5.56 Å². The highest BCUT2D eigenvalue weighted by Gasteiger charge is 2.37. The normalized spacial score (nSPS) is 14.8. The van der Waals surface area contributed by atoms with Gasteiger partial charge in [0.15, 0.2) is 0 Å². The van der Waals surface area contributed by atoms with Gasteiger partial charge in [0.05, 0.1) is 31.2 Å². The van der Waals surface area contributed by atoms with Crippen LogP contribution in [0.5, 0.6) is 0 Å². The van der Waals surface area contributed by atoms with E-state index in [9.17, 15) is 9.59 Å². The van der Waals surface area contributed by atoms with E-state index in [0.29, 0.717) is 52.3 Å². The summed E-state index contributed by atoms with van der Waals surface area (Å²) in [4.78, 5) is 30.7. The summed E-state index contributed by atoms with van der Waals surface area (Å²) in [5, 5.41) is 7.14. The Bertz CT molecular complexity index is 1300. The molecule has 1 aromatic heterocycles. The number of rotatable bonds is 8. The minimum Gasteiger partial charge on any atom is -0.463 e. The molecular weight excluding hydrogens is 468 g/mol. The van der Waals surface area contributed by atoms with E-state index in [4.69, 9.17) is 21.1 Å². The molecule has 2 N–H and O–H groups in total. The van der Waals surface area contributed by atoms with Crippen molar-refractivity contribution >= 4 is 34.9 Å². The van der Waals surface area contributed by atoms with E-state index in [1.165, 1.54) is 4.57 Å². The number of ether oxygens (including phenoxy) is 2. The molecule has 8 nitrogen and oxygen atoms in total. The molecule has 1 aliphatic rings. The van der Waals surface area contributed by atoms with E-state index >= 15 is 0 Å². The van der Waals surface area contributed by atoms with Crippen molar-refractivity contribution in [2.45, 2.75) is 26.3 Å². The molecule has 0 amide bonds. The van der Waals surface area contributed by atoms with Crippen LogP contribution in [0.4, 0.5) is 17.3 Å². The van der Waals surface area contributed by atoms with E-state index in [2.05, 4.69) is 15.6 Å². The molecule has 0 bridgehead atoms. The Kier molecular flexibility index (Phi) is 7.53. The summed E-state index contributed by atoms with van der Waals surface area (Å²) in [6.07, 6.45) is 0. The fraction of sp³-hybridized carbons (Fsp3) is 0.269. The number of fused-ring (bicyclic) bond motifs is 1. The molecule has 2 aromatic carbocycles. The van der Waals surface area contributed by atoms with Crippen molar-refractivity contribution in [3.63, 3.8) is 0 Å². The van der Waals surface area contributed by atoms with Gasteiger partial charge in [-0.2, -0.15) is 4.98 Å². The number of carbonyl (C=O) groups excluding carboxylic acids is 1. The van der Waals surface area contributed by atoms with Gasteiger partial charge < -0.3 is 20.1 Å². The topological polar surface area (TPSA) is 94.5 Å². The highest BCUT2D eigenvalue weighted by molar-refractivity contribution is 6.30. The first-order valence-electron chi connectivity index (χ1n) is 11.3. The van der Waals surface area contributed by atoms with Gasteiger partial charge in [-0.1, -0.05) is 41.9 Å². The zero-order valence-corrected chi connectivity index (χ0v) is 20.6. The van der Waals surface area contributed by atoms with Crippen molar-refractivity contribution in [2.75, 3.05) is 31.0 Å². The molecule has 0 aliphatic carbocycles. The molecule has 35 heavy (non-hydrogen) atoms. The lowest BCUT2D eigenvalue weighted by Crippen LogP contribution is -2.34. The first kappa shape index (κ1) is 24.5. The van der Waals surface area contributed by atoms with Gasteiger partial charge in [0, 0.05) is 29.1 Å². The van der Waals surface area contributed by atoms with Gasteiger partial charge in [-0.05, 0) is 43.7 Å². The Hall–Kier alpha value is -3.62. The fourth-order valence-corrected chi connectivity index (χ4v) is 4.32. The third kappa shape index (κ3) is 5.08. The van der Waals surface area contributed by atoms with Crippen molar-refractivity contribution in [3.8, 4) is 0 Å². The minimum absolute atomic E-state index is 0.242. The molecule has 1 unspecified atom stereocenters. The minimum atomic E-state index is -0.525. The smallest absolute Gasteiger partial charge is 0.351 e. The van der Waals surface area contributed by atoms with Gasteiger partial charge in [0.1, 0.15) is 11.6 Å². The van der Waals surface area contributed by atoms with Gasteiger partial charge in [0.2, 0.25) is 0 Å². The van der Waals surface area contributed by atoms with Crippen LogP contribution in [0, 0.1) is 0 Å². The molecule has 1 atom stereocenters. The van der Waals surface area contributed by atoms with Crippen molar-refractivity contribution in [1.29, 1.82) is 0 Å². The maximum atomic E-state index is 13.2. The Balaban J connectivity index is 1.98. The predicted octanol–water partition coefficient (Wildman–Crippen LogP) is 4.68. The molecule has 3 aromatic rings. The van der Waals surface area contributed by atoms with Gasteiger partial charge in [-0.15, -0.1) is 0 Å². The summed E-state index contributed by atoms with van der Waals surface area (Å²) >= 11 is 6.05. The van der Waals surface area contributed by atoms with Crippen molar-refractivity contribution in [1.82, 2.24) is 9.55 Å². The van der Waals surface area contributed by atoms with Crippen LogP contribution in [0.3, 0.4) is 0 Å². The highest BCUT2D eigenvalue weighted by Crippen LogP contribution is 2.45. The SMILES string of the molecule is CCOC(=O)C1=C(C)Nc2c(c(Nc3ccc(Cl)cc3)nc(=O)n2CCOC)C1c1ccccc1. The van der Waals surface area contributed by atoms with Crippen LogP contribution in [0.25, 0.3) is 0 Å². The maximum Gasteiger partial charge on any atom is 0.351 e. The molecular formula is C26H27ClN4O4. The molecule has 0 saturated heterocycles. The average molecular weight is 495 g/mol. The number of hydrogen-bond acceptors (Lipinski definition) is 7. The van der Waals surface area contributed by atoms with Crippen molar-refractivity contribution in [2.24, 2.45) is 0 Å². The number of aromatic nitrogens is 2. The summed E-state index contributed by atoms with van der Waals surface area (Å²) in [5.74, 6) is -0.0539. The average Bonchev–Trinajstić information content (AvgIpc) is 2.85. The number of methoxy groups -OCH3 is 1. The Labute approximate surface area is 208 Å². The van der Waals surface area contributed by atoms with Gasteiger partial charge in [-0.3, -0.25) is 4.57 Å². The number of hydrogen-bond donors (Lipinski definition) is 2. The molecule has 9 heteroatoms. The third-order valence-corrected chi connectivity index (χ3v) is 6.01. The molecule has 0 fully saturated rings. The largest absolute Gasteiger partial charge is 0.463 e. The van der Waals surface area contributed by atoms with E-state index in [-0.39, 0.29) is 6.61 Å². The van der Waals surface area contributed by atoms with Crippen LogP contribution in [0.15, 0.2) is 70.7 Å². The molecule has 4 rings (SSSR count). The number of nitrogens with one attached hydrogen (secondary N) is 2. The first-order valence-corrected chi connectivity index (χ1v) is 11.7. The van der Waals surface area contributed by atoms with Gasteiger partial charge in [-0.25, -0.2) is 9.59 Å². The third-order valence-electron chi connectivity index (χ3n) is 5.76. The van der Waals surface area contributed by atoms with Gasteiger partial charge >= 0.3 is 11.7 Å². The quantitative estimate of drug-likeness (QED) is 0.439. The number of allylic oxidation sites excluding steroid dienone is 1. The Morgan fingerprint density at radius 1 is 1.17 bits per heavy atom. The number of esters is 1. The van der Waals surface area contributed by atoms with E-state index in [1.807, 2.05) is 37.3 Å². The summed E-state index contributed by atoms with van der Waals surface area (Å²) in [5.41, 5.74) is 2.87. The predicted molar refractivity (Wildman–Crippen MR) is 136 cm³/mol. The summed E-state index contributed by atoms with van der Waals surface area (Å²) < 4.78 is 12.2. The van der Waals surface area contributed by atoms with Crippen LogP contribution in [-0.2, 0) is 20.8 Å². The molecule has 182 valence electrons. The molecule has 2 heterocycles. The second-order valence-electron chi connectivity index (χ2n) is 8.01. The summed E-state index contributed by atoms with van der Waals surface area (Å²) in [6, 6.07) is 16.7. The lowest BCUT2D eigenvalue weighted by molar-refractivity contribution is -0.138.